The van der Waals surface area contributed by atoms with E-state index in [1.165, 1.54) is 12.8 Å². The first-order valence-electron chi connectivity index (χ1n) is 6.12. The molecule has 0 spiro atoms. The standard InChI is InChI=1S/C13H13ClFIN2/c14-7-13-17-11-6-10(16)9(15)5-12(11)18(13)8-3-1-2-4-8/h5-6,8H,1-4,7H2. The van der Waals surface area contributed by atoms with E-state index in [1.54, 1.807) is 12.1 Å². The summed E-state index contributed by atoms with van der Waals surface area (Å²) in [6.45, 7) is 0. The number of imidazole rings is 1. The summed E-state index contributed by atoms with van der Waals surface area (Å²) in [6, 6.07) is 3.83. The molecule has 0 aliphatic heterocycles. The Morgan fingerprint density at radius 3 is 2.78 bits per heavy atom. The van der Waals surface area contributed by atoms with Crippen LogP contribution < -0.4 is 0 Å². The van der Waals surface area contributed by atoms with Crippen LogP contribution in [-0.2, 0) is 5.88 Å². The SMILES string of the molecule is Fc1cc2c(cc1I)nc(CCl)n2C1CCCC1. The number of alkyl halides is 1. The van der Waals surface area contributed by atoms with Crippen molar-refractivity contribution < 1.29 is 4.39 Å². The minimum atomic E-state index is -0.177. The summed E-state index contributed by atoms with van der Waals surface area (Å²) in [5.41, 5.74) is 1.74. The highest BCUT2D eigenvalue weighted by atomic mass is 127. The van der Waals surface area contributed by atoms with E-state index in [4.69, 9.17) is 11.6 Å². The van der Waals surface area contributed by atoms with E-state index in [9.17, 15) is 4.39 Å². The van der Waals surface area contributed by atoms with Crippen LogP contribution >= 0.6 is 34.2 Å². The molecule has 1 heterocycles. The van der Waals surface area contributed by atoms with Gasteiger partial charge in [-0.25, -0.2) is 9.37 Å². The molecule has 2 nitrogen and oxygen atoms in total. The fourth-order valence-electron chi connectivity index (χ4n) is 2.80. The molecule has 3 rings (SSSR count). The van der Waals surface area contributed by atoms with Crippen LogP contribution in [0.3, 0.4) is 0 Å². The molecular weight excluding hydrogens is 366 g/mol. The highest BCUT2D eigenvalue weighted by Gasteiger charge is 2.22. The fourth-order valence-corrected chi connectivity index (χ4v) is 3.44. The highest BCUT2D eigenvalue weighted by molar-refractivity contribution is 14.1. The third-order valence-corrected chi connectivity index (χ3v) is 4.68. The van der Waals surface area contributed by atoms with E-state index >= 15 is 0 Å². The molecule has 0 atom stereocenters. The monoisotopic (exact) mass is 378 g/mol. The van der Waals surface area contributed by atoms with Crippen molar-refractivity contribution in [3.63, 3.8) is 0 Å². The minimum absolute atomic E-state index is 0.177. The zero-order chi connectivity index (χ0) is 12.7. The number of nitrogens with zero attached hydrogens (tertiary/aromatic N) is 2. The maximum Gasteiger partial charge on any atom is 0.138 e. The van der Waals surface area contributed by atoms with Crippen LogP contribution in [0.1, 0.15) is 37.5 Å². The predicted molar refractivity (Wildman–Crippen MR) is 79.5 cm³/mol. The third kappa shape index (κ3) is 2.03. The van der Waals surface area contributed by atoms with Gasteiger partial charge in [-0.2, -0.15) is 0 Å². The normalized spacial score (nSPS) is 16.8. The summed E-state index contributed by atoms with van der Waals surface area (Å²) in [5, 5.41) is 0. The molecule has 18 heavy (non-hydrogen) atoms. The maximum atomic E-state index is 13.7. The van der Waals surface area contributed by atoms with Gasteiger partial charge in [0.1, 0.15) is 11.6 Å². The number of benzene rings is 1. The maximum absolute atomic E-state index is 13.7. The van der Waals surface area contributed by atoms with Crippen LogP contribution in [0.15, 0.2) is 12.1 Å². The second kappa shape index (κ2) is 4.96. The van der Waals surface area contributed by atoms with Gasteiger partial charge in [-0.15, -0.1) is 11.6 Å². The quantitative estimate of drug-likeness (QED) is 0.550. The zero-order valence-corrected chi connectivity index (χ0v) is 12.7. The summed E-state index contributed by atoms with van der Waals surface area (Å²) in [5.74, 6) is 1.06. The Kier molecular flexibility index (Phi) is 3.49. The van der Waals surface area contributed by atoms with E-state index in [0.29, 0.717) is 15.5 Å². The Bertz CT molecular complexity index is 590. The molecule has 0 amide bonds. The molecule has 1 fully saturated rings. The number of hydrogen-bond acceptors (Lipinski definition) is 1. The highest BCUT2D eigenvalue weighted by Crippen LogP contribution is 2.34. The first kappa shape index (κ1) is 12.7. The number of fused-ring (bicyclic) bond motifs is 1. The summed E-state index contributed by atoms with van der Waals surface area (Å²) >= 11 is 7.98. The Morgan fingerprint density at radius 2 is 2.11 bits per heavy atom. The van der Waals surface area contributed by atoms with Gasteiger partial charge in [0, 0.05) is 12.1 Å². The van der Waals surface area contributed by atoms with Gasteiger partial charge in [0.25, 0.3) is 0 Å². The molecule has 0 N–H and O–H groups in total. The van der Waals surface area contributed by atoms with E-state index < -0.39 is 0 Å². The van der Waals surface area contributed by atoms with Crippen LogP contribution in [0.2, 0.25) is 0 Å². The Balaban J connectivity index is 2.23. The molecule has 0 radical (unpaired) electrons. The largest absolute Gasteiger partial charge is 0.324 e. The summed E-state index contributed by atoms with van der Waals surface area (Å²) in [7, 11) is 0. The number of hydrogen-bond donors (Lipinski definition) is 0. The van der Waals surface area contributed by atoms with Crippen molar-refractivity contribution in [2.45, 2.75) is 37.6 Å². The lowest BCUT2D eigenvalue weighted by Gasteiger charge is -2.15. The van der Waals surface area contributed by atoms with Gasteiger partial charge in [-0.3, -0.25) is 0 Å². The Morgan fingerprint density at radius 1 is 1.39 bits per heavy atom. The Labute approximate surface area is 124 Å². The molecule has 5 heteroatoms. The van der Waals surface area contributed by atoms with Gasteiger partial charge in [0.15, 0.2) is 0 Å². The molecule has 1 saturated carbocycles. The van der Waals surface area contributed by atoms with E-state index in [-0.39, 0.29) is 5.82 Å². The third-order valence-electron chi connectivity index (χ3n) is 3.61. The fraction of sp³-hybridized carbons (Fsp3) is 0.462. The van der Waals surface area contributed by atoms with Crippen LogP contribution in [-0.4, -0.2) is 9.55 Å². The molecule has 0 saturated heterocycles. The number of aromatic nitrogens is 2. The predicted octanol–water partition coefficient (Wildman–Crippen LogP) is 4.63. The van der Waals surface area contributed by atoms with Gasteiger partial charge >= 0.3 is 0 Å². The molecule has 1 aromatic carbocycles. The average Bonchev–Trinajstić information content (AvgIpc) is 2.96. The van der Waals surface area contributed by atoms with E-state index in [2.05, 4.69) is 9.55 Å². The van der Waals surface area contributed by atoms with Gasteiger partial charge < -0.3 is 4.57 Å². The molecule has 1 aliphatic carbocycles. The zero-order valence-electron chi connectivity index (χ0n) is 9.80. The van der Waals surface area contributed by atoms with Crippen LogP contribution in [0.4, 0.5) is 4.39 Å². The molecule has 0 unspecified atom stereocenters. The van der Waals surface area contributed by atoms with Gasteiger partial charge in [-0.05, 0) is 41.5 Å². The second-order valence-corrected chi connectivity index (χ2v) is 6.15. The lowest BCUT2D eigenvalue weighted by atomic mass is 10.2. The first-order chi connectivity index (χ1) is 8.70. The summed E-state index contributed by atoms with van der Waals surface area (Å²) in [6.07, 6.45) is 4.75. The topological polar surface area (TPSA) is 17.8 Å². The minimum Gasteiger partial charge on any atom is -0.324 e. The van der Waals surface area contributed by atoms with Crippen LogP contribution in [0.5, 0.6) is 0 Å². The molecule has 96 valence electrons. The van der Waals surface area contributed by atoms with Crippen molar-refractivity contribution in [2.24, 2.45) is 0 Å². The average molecular weight is 379 g/mol. The molecule has 2 aromatic rings. The van der Waals surface area contributed by atoms with Crippen molar-refractivity contribution >= 4 is 45.2 Å². The van der Waals surface area contributed by atoms with Crippen molar-refractivity contribution in [1.29, 1.82) is 0 Å². The lowest BCUT2D eigenvalue weighted by Crippen LogP contribution is -2.08. The summed E-state index contributed by atoms with van der Waals surface area (Å²) in [4.78, 5) is 4.54. The van der Waals surface area contributed by atoms with Gasteiger partial charge in [0.2, 0.25) is 0 Å². The van der Waals surface area contributed by atoms with Crippen molar-refractivity contribution in [3.8, 4) is 0 Å². The molecule has 0 bridgehead atoms. The summed E-state index contributed by atoms with van der Waals surface area (Å²) < 4.78 is 16.5. The number of halogens is 3. The molecular formula is C13H13ClFIN2. The van der Waals surface area contributed by atoms with Gasteiger partial charge in [-0.1, -0.05) is 12.8 Å². The lowest BCUT2D eigenvalue weighted by molar-refractivity contribution is 0.517. The van der Waals surface area contributed by atoms with Crippen molar-refractivity contribution in [1.82, 2.24) is 9.55 Å². The Hall–Kier alpha value is -0.360. The van der Waals surface area contributed by atoms with Crippen LogP contribution in [0.25, 0.3) is 11.0 Å². The smallest absolute Gasteiger partial charge is 0.138 e. The van der Waals surface area contributed by atoms with Crippen molar-refractivity contribution in [2.75, 3.05) is 0 Å². The number of rotatable bonds is 2. The van der Waals surface area contributed by atoms with Crippen molar-refractivity contribution in [3.05, 3.63) is 27.3 Å². The second-order valence-electron chi connectivity index (χ2n) is 4.72. The van der Waals surface area contributed by atoms with E-state index in [0.717, 1.165) is 29.7 Å². The van der Waals surface area contributed by atoms with E-state index in [1.807, 2.05) is 22.6 Å². The first-order valence-corrected chi connectivity index (χ1v) is 7.74. The molecule has 1 aliphatic rings. The molecule has 1 aromatic heterocycles. The van der Waals surface area contributed by atoms with Crippen LogP contribution in [0, 0.1) is 9.39 Å². The van der Waals surface area contributed by atoms with Gasteiger partial charge in [0.05, 0.1) is 20.5 Å².